The average Bonchev–Trinajstić information content (AvgIpc) is 2.04. The van der Waals surface area contributed by atoms with Crippen LogP contribution in [0, 0.1) is 18.3 Å². The summed E-state index contributed by atoms with van der Waals surface area (Å²) in [6.45, 7) is 6.45. The molecule has 0 atom stereocenters. The smallest absolute Gasteiger partial charge is 0.0669 e. The molecule has 0 radical (unpaired) electrons. The van der Waals surface area contributed by atoms with Crippen molar-refractivity contribution in [2.75, 3.05) is 0 Å². The molecule has 0 spiro atoms. The first-order chi connectivity index (χ1) is 6.16. The van der Waals surface area contributed by atoms with Crippen LogP contribution in [-0.2, 0) is 6.42 Å². The highest BCUT2D eigenvalue weighted by Crippen LogP contribution is 2.23. The largest absolute Gasteiger partial charge is 0.198 e. The molecule has 0 bridgehead atoms. The fourth-order valence-electron chi connectivity index (χ4n) is 1.81. The lowest BCUT2D eigenvalue weighted by atomic mass is 9.91. The predicted molar refractivity (Wildman–Crippen MR) is 54.6 cm³/mol. The van der Waals surface area contributed by atoms with Crippen LogP contribution < -0.4 is 0 Å². The van der Waals surface area contributed by atoms with Gasteiger partial charge in [-0.15, -0.1) is 0 Å². The zero-order chi connectivity index (χ0) is 9.84. The van der Waals surface area contributed by atoms with Gasteiger partial charge in [-0.2, -0.15) is 5.26 Å². The minimum atomic E-state index is 0.504. The lowest BCUT2D eigenvalue weighted by Gasteiger charge is -2.13. The van der Waals surface area contributed by atoms with Gasteiger partial charge in [-0.1, -0.05) is 32.0 Å². The number of nitrogens with zero attached hydrogens (tertiary/aromatic N) is 1. The van der Waals surface area contributed by atoms with E-state index in [4.69, 9.17) is 5.26 Å². The molecule has 1 aromatic carbocycles. The van der Waals surface area contributed by atoms with E-state index in [1.54, 1.807) is 0 Å². The van der Waals surface area contributed by atoms with Gasteiger partial charge in [0.1, 0.15) is 0 Å². The van der Waals surface area contributed by atoms with Gasteiger partial charge in [0.25, 0.3) is 0 Å². The molecule has 13 heavy (non-hydrogen) atoms. The van der Waals surface area contributed by atoms with Gasteiger partial charge in [0.05, 0.1) is 12.5 Å². The van der Waals surface area contributed by atoms with Gasteiger partial charge in [0, 0.05) is 0 Å². The summed E-state index contributed by atoms with van der Waals surface area (Å²) >= 11 is 0. The molecule has 1 rings (SSSR count). The zero-order valence-corrected chi connectivity index (χ0v) is 8.46. The van der Waals surface area contributed by atoms with Crippen LogP contribution in [-0.4, -0.2) is 0 Å². The number of nitriles is 1. The molecule has 0 saturated carbocycles. The molecule has 0 aromatic heterocycles. The molecule has 1 heteroatoms. The molecular formula is C12H15N. The SMILES string of the molecule is Cc1cccc(CC#N)c1C(C)C. The summed E-state index contributed by atoms with van der Waals surface area (Å²) in [6, 6.07) is 8.38. The maximum absolute atomic E-state index is 8.67. The molecule has 1 nitrogen and oxygen atoms in total. The second kappa shape index (κ2) is 4.09. The maximum Gasteiger partial charge on any atom is 0.0669 e. The van der Waals surface area contributed by atoms with Gasteiger partial charge in [-0.05, 0) is 29.5 Å². The summed E-state index contributed by atoms with van der Waals surface area (Å²) in [7, 11) is 0. The summed E-state index contributed by atoms with van der Waals surface area (Å²) in [5.74, 6) is 0.504. The number of aryl methyl sites for hydroxylation is 1. The molecular weight excluding hydrogens is 158 g/mol. The monoisotopic (exact) mass is 173 g/mol. The minimum Gasteiger partial charge on any atom is -0.198 e. The highest BCUT2D eigenvalue weighted by atomic mass is 14.2. The van der Waals surface area contributed by atoms with Gasteiger partial charge in [0.15, 0.2) is 0 Å². The quantitative estimate of drug-likeness (QED) is 0.673. The van der Waals surface area contributed by atoms with Crippen molar-refractivity contribution in [1.82, 2.24) is 0 Å². The lowest BCUT2D eigenvalue weighted by molar-refractivity contribution is 0.841. The Bertz CT molecular complexity index is 331. The van der Waals surface area contributed by atoms with Gasteiger partial charge in [-0.3, -0.25) is 0 Å². The van der Waals surface area contributed by atoms with Gasteiger partial charge in [0.2, 0.25) is 0 Å². The van der Waals surface area contributed by atoms with Crippen molar-refractivity contribution in [2.45, 2.75) is 33.1 Å². The summed E-state index contributed by atoms with van der Waals surface area (Å²) in [6.07, 6.45) is 0.523. The standard InChI is InChI=1S/C12H15N/c1-9(2)12-10(3)5-4-6-11(12)7-8-13/h4-6,9H,7H2,1-3H3. The van der Waals surface area contributed by atoms with Gasteiger partial charge < -0.3 is 0 Å². The molecule has 0 unspecified atom stereocenters. The van der Waals surface area contributed by atoms with E-state index in [0.717, 1.165) is 0 Å². The van der Waals surface area contributed by atoms with Crippen LogP contribution in [0.25, 0.3) is 0 Å². The van der Waals surface area contributed by atoms with E-state index in [-0.39, 0.29) is 0 Å². The topological polar surface area (TPSA) is 23.8 Å². The van der Waals surface area contributed by atoms with Crippen LogP contribution in [0.15, 0.2) is 18.2 Å². The van der Waals surface area contributed by atoms with Crippen molar-refractivity contribution in [2.24, 2.45) is 0 Å². The third-order valence-corrected chi connectivity index (χ3v) is 2.26. The van der Waals surface area contributed by atoms with Crippen molar-refractivity contribution >= 4 is 0 Å². The molecule has 1 aromatic rings. The van der Waals surface area contributed by atoms with Crippen LogP contribution in [0.4, 0.5) is 0 Å². The molecule has 0 heterocycles. The van der Waals surface area contributed by atoms with Crippen LogP contribution >= 0.6 is 0 Å². The highest BCUT2D eigenvalue weighted by molar-refractivity contribution is 5.38. The zero-order valence-electron chi connectivity index (χ0n) is 8.46. The second-order valence-electron chi connectivity index (χ2n) is 3.64. The second-order valence-corrected chi connectivity index (χ2v) is 3.64. The van der Waals surface area contributed by atoms with Crippen molar-refractivity contribution in [3.63, 3.8) is 0 Å². The molecule has 0 fully saturated rings. The Morgan fingerprint density at radius 2 is 2.08 bits per heavy atom. The molecule has 68 valence electrons. The first-order valence-electron chi connectivity index (χ1n) is 4.62. The molecule has 0 saturated heterocycles. The van der Waals surface area contributed by atoms with Crippen molar-refractivity contribution in [3.05, 3.63) is 34.9 Å². The fraction of sp³-hybridized carbons (Fsp3) is 0.417. The van der Waals surface area contributed by atoms with Crippen molar-refractivity contribution in [1.29, 1.82) is 5.26 Å². The lowest BCUT2D eigenvalue weighted by Crippen LogP contribution is -1.98. The van der Waals surface area contributed by atoms with E-state index in [2.05, 4.69) is 32.9 Å². The van der Waals surface area contributed by atoms with E-state index >= 15 is 0 Å². The van der Waals surface area contributed by atoms with Crippen LogP contribution in [0.2, 0.25) is 0 Å². The van der Waals surface area contributed by atoms with Crippen LogP contribution in [0.5, 0.6) is 0 Å². The number of hydrogen-bond donors (Lipinski definition) is 0. The Morgan fingerprint density at radius 1 is 1.38 bits per heavy atom. The predicted octanol–water partition coefficient (Wildman–Crippen LogP) is 3.18. The van der Waals surface area contributed by atoms with Crippen LogP contribution in [0.1, 0.15) is 36.5 Å². The van der Waals surface area contributed by atoms with Gasteiger partial charge in [-0.25, -0.2) is 0 Å². The first kappa shape index (κ1) is 9.80. The van der Waals surface area contributed by atoms with E-state index in [9.17, 15) is 0 Å². The van der Waals surface area contributed by atoms with Crippen molar-refractivity contribution < 1.29 is 0 Å². The van der Waals surface area contributed by atoms with E-state index in [0.29, 0.717) is 12.3 Å². The van der Waals surface area contributed by atoms with Crippen LogP contribution in [0.3, 0.4) is 0 Å². The Hall–Kier alpha value is -1.29. The highest BCUT2D eigenvalue weighted by Gasteiger charge is 2.08. The number of rotatable bonds is 2. The molecule has 0 N–H and O–H groups in total. The fourth-order valence-corrected chi connectivity index (χ4v) is 1.81. The summed E-state index contributed by atoms with van der Waals surface area (Å²) in [4.78, 5) is 0. The summed E-state index contributed by atoms with van der Waals surface area (Å²) < 4.78 is 0. The first-order valence-corrected chi connectivity index (χ1v) is 4.62. The Balaban J connectivity index is 3.19. The average molecular weight is 173 g/mol. The third kappa shape index (κ3) is 2.09. The van der Waals surface area contributed by atoms with Gasteiger partial charge >= 0.3 is 0 Å². The Kier molecular flexibility index (Phi) is 3.08. The Labute approximate surface area is 80.0 Å². The van der Waals surface area contributed by atoms with Crippen molar-refractivity contribution in [3.8, 4) is 6.07 Å². The number of hydrogen-bond acceptors (Lipinski definition) is 1. The number of benzene rings is 1. The summed E-state index contributed by atoms with van der Waals surface area (Å²) in [5, 5.41) is 8.67. The maximum atomic E-state index is 8.67. The van der Waals surface area contributed by atoms with E-state index in [1.165, 1.54) is 16.7 Å². The molecule has 0 aliphatic heterocycles. The summed E-state index contributed by atoms with van der Waals surface area (Å²) in [5.41, 5.74) is 3.81. The van der Waals surface area contributed by atoms with E-state index in [1.807, 2.05) is 12.1 Å². The normalized spacial score (nSPS) is 10.1. The molecule has 0 amide bonds. The Morgan fingerprint density at radius 3 is 2.62 bits per heavy atom. The van der Waals surface area contributed by atoms with E-state index < -0.39 is 0 Å². The third-order valence-electron chi connectivity index (χ3n) is 2.26. The molecule has 0 aliphatic carbocycles. The minimum absolute atomic E-state index is 0.504. The molecule has 0 aliphatic rings.